The molecule has 0 spiro atoms. The van der Waals surface area contributed by atoms with Crippen molar-refractivity contribution in [3.8, 4) is 17.5 Å². The van der Waals surface area contributed by atoms with Crippen LogP contribution >= 0.6 is 0 Å². The molecule has 0 bridgehead atoms. The first-order valence-corrected chi connectivity index (χ1v) is 5.64. The third-order valence-electron chi connectivity index (χ3n) is 2.81. The third-order valence-corrected chi connectivity index (χ3v) is 2.81. The molecule has 0 unspecified atom stereocenters. The van der Waals surface area contributed by atoms with Crippen molar-refractivity contribution in [2.45, 2.75) is 6.18 Å². The van der Waals surface area contributed by atoms with Gasteiger partial charge in [-0.15, -0.1) is 0 Å². The molecule has 0 aliphatic carbocycles. The highest BCUT2D eigenvalue weighted by Crippen LogP contribution is 2.32. The smallest absolute Gasteiger partial charge is 0.333 e. The summed E-state index contributed by atoms with van der Waals surface area (Å²) < 4.78 is 39.3. The summed E-state index contributed by atoms with van der Waals surface area (Å²) in [5.41, 5.74) is 0.520. The molecule has 0 aliphatic rings. The van der Waals surface area contributed by atoms with Gasteiger partial charge in [-0.25, -0.2) is 4.98 Å². The Kier molecular flexibility index (Phi) is 3.36. The highest BCUT2D eigenvalue weighted by molar-refractivity contribution is 5.72. The Bertz CT molecular complexity index is 705. The van der Waals surface area contributed by atoms with E-state index in [1.165, 1.54) is 23.8 Å². The van der Waals surface area contributed by atoms with Crippen molar-refractivity contribution in [1.82, 2.24) is 9.55 Å². The number of nitrogens with zero attached hydrogens (tertiary/aromatic N) is 3. The number of alkyl halides is 3. The molecular weight excluding hydrogens is 267 g/mol. The third kappa shape index (κ3) is 2.43. The van der Waals surface area contributed by atoms with Crippen LogP contribution in [-0.4, -0.2) is 9.55 Å². The Morgan fingerprint density at radius 2 is 2.10 bits per heavy atom. The van der Waals surface area contributed by atoms with Gasteiger partial charge in [0.05, 0.1) is 11.6 Å². The van der Waals surface area contributed by atoms with E-state index >= 15 is 0 Å². The van der Waals surface area contributed by atoms with Crippen LogP contribution < -0.4 is 0 Å². The van der Waals surface area contributed by atoms with Gasteiger partial charge in [0.1, 0.15) is 5.82 Å². The molecule has 2 aromatic rings. The van der Waals surface area contributed by atoms with Gasteiger partial charge in [0.2, 0.25) is 0 Å². The van der Waals surface area contributed by atoms with E-state index in [0.29, 0.717) is 16.7 Å². The van der Waals surface area contributed by atoms with E-state index in [2.05, 4.69) is 11.6 Å². The molecule has 1 aromatic carbocycles. The first-order valence-electron chi connectivity index (χ1n) is 5.64. The zero-order valence-corrected chi connectivity index (χ0v) is 10.6. The van der Waals surface area contributed by atoms with Crippen molar-refractivity contribution in [2.24, 2.45) is 7.05 Å². The minimum absolute atomic E-state index is 0.178. The van der Waals surface area contributed by atoms with Gasteiger partial charge in [0.25, 0.3) is 0 Å². The molecule has 0 amide bonds. The Hall–Kier alpha value is -2.55. The van der Waals surface area contributed by atoms with Crippen LogP contribution in [0.1, 0.15) is 16.8 Å². The first-order chi connectivity index (χ1) is 9.36. The lowest BCUT2D eigenvalue weighted by Crippen LogP contribution is -2.04. The summed E-state index contributed by atoms with van der Waals surface area (Å²) in [5.74, 6) is 0.178. The largest absolute Gasteiger partial charge is 0.434 e. The second kappa shape index (κ2) is 4.85. The molecule has 2 rings (SSSR count). The van der Waals surface area contributed by atoms with Crippen molar-refractivity contribution in [3.63, 3.8) is 0 Å². The number of hydrogen-bond donors (Lipinski definition) is 0. The Labute approximate surface area is 113 Å². The molecule has 20 heavy (non-hydrogen) atoms. The van der Waals surface area contributed by atoms with E-state index < -0.39 is 11.9 Å². The molecule has 102 valence electrons. The highest BCUT2D eigenvalue weighted by atomic mass is 19.4. The standard InChI is InChI=1S/C14H10F3N3/c1-3-10-6-9(7-18)4-5-11(10)13-19-12(8-20(13)2)14(15,16)17/h3-6,8H,1H2,2H3. The van der Waals surface area contributed by atoms with Crippen molar-refractivity contribution < 1.29 is 13.2 Å². The van der Waals surface area contributed by atoms with Crippen LogP contribution in [0.4, 0.5) is 13.2 Å². The van der Waals surface area contributed by atoms with Gasteiger partial charge < -0.3 is 4.57 Å². The number of aryl methyl sites for hydroxylation is 1. The number of aromatic nitrogens is 2. The van der Waals surface area contributed by atoms with E-state index in [0.717, 1.165) is 6.20 Å². The van der Waals surface area contributed by atoms with Gasteiger partial charge in [-0.05, 0) is 23.8 Å². The van der Waals surface area contributed by atoms with Crippen LogP contribution in [0, 0.1) is 11.3 Å². The molecule has 0 atom stereocenters. The number of halogens is 3. The Morgan fingerprint density at radius 3 is 2.60 bits per heavy atom. The van der Waals surface area contributed by atoms with Crippen LogP contribution in [0.5, 0.6) is 0 Å². The summed E-state index contributed by atoms with van der Waals surface area (Å²) in [6.45, 7) is 3.61. The van der Waals surface area contributed by atoms with E-state index in [1.54, 1.807) is 12.1 Å². The van der Waals surface area contributed by atoms with Gasteiger partial charge in [0, 0.05) is 18.8 Å². The highest BCUT2D eigenvalue weighted by Gasteiger charge is 2.34. The zero-order chi connectivity index (χ0) is 14.9. The summed E-state index contributed by atoms with van der Waals surface area (Å²) in [4.78, 5) is 3.62. The van der Waals surface area contributed by atoms with Crippen molar-refractivity contribution >= 4 is 6.08 Å². The predicted octanol–water partition coefficient (Wildman–Crippen LogP) is 3.62. The lowest BCUT2D eigenvalue weighted by molar-refractivity contribution is -0.140. The van der Waals surface area contributed by atoms with Crippen LogP contribution in [0.3, 0.4) is 0 Å². The normalized spacial score (nSPS) is 11.2. The number of rotatable bonds is 2. The molecule has 0 radical (unpaired) electrons. The minimum atomic E-state index is -4.49. The van der Waals surface area contributed by atoms with E-state index in [-0.39, 0.29) is 5.82 Å². The number of imidazole rings is 1. The molecule has 1 aromatic heterocycles. The summed E-state index contributed by atoms with van der Waals surface area (Å²) in [5, 5.41) is 8.83. The van der Waals surface area contributed by atoms with Crippen LogP contribution in [0.15, 0.2) is 31.0 Å². The molecule has 6 heteroatoms. The van der Waals surface area contributed by atoms with Crippen LogP contribution in [0.2, 0.25) is 0 Å². The zero-order valence-electron chi connectivity index (χ0n) is 10.6. The van der Waals surface area contributed by atoms with Gasteiger partial charge in [-0.2, -0.15) is 18.4 Å². The summed E-state index contributed by atoms with van der Waals surface area (Å²) in [7, 11) is 1.49. The molecule has 3 nitrogen and oxygen atoms in total. The summed E-state index contributed by atoms with van der Waals surface area (Å²) in [6, 6.07) is 6.63. The van der Waals surface area contributed by atoms with E-state index in [9.17, 15) is 13.2 Å². The monoisotopic (exact) mass is 277 g/mol. The number of hydrogen-bond acceptors (Lipinski definition) is 2. The molecule has 0 fully saturated rings. The van der Waals surface area contributed by atoms with Gasteiger partial charge >= 0.3 is 6.18 Å². The quantitative estimate of drug-likeness (QED) is 0.841. The van der Waals surface area contributed by atoms with Crippen molar-refractivity contribution in [1.29, 1.82) is 5.26 Å². The van der Waals surface area contributed by atoms with Gasteiger partial charge in [-0.3, -0.25) is 0 Å². The van der Waals surface area contributed by atoms with Gasteiger partial charge in [0.15, 0.2) is 5.69 Å². The van der Waals surface area contributed by atoms with E-state index in [1.807, 2.05) is 6.07 Å². The van der Waals surface area contributed by atoms with Crippen molar-refractivity contribution in [2.75, 3.05) is 0 Å². The fraction of sp³-hybridized carbons (Fsp3) is 0.143. The molecule has 0 saturated heterocycles. The lowest BCUT2D eigenvalue weighted by atomic mass is 10.0. The summed E-state index contributed by atoms with van der Waals surface area (Å²) in [6.07, 6.45) is -2.07. The van der Waals surface area contributed by atoms with Crippen LogP contribution in [-0.2, 0) is 13.2 Å². The second-order valence-corrected chi connectivity index (χ2v) is 4.18. The van der Waals surface area contributed by atoms with Crippen LogP contribution in [0.25, 0.3) is 17.5 Å². The molecule has 1 heterocycles. The maximum Gasteiger partial charge on any atom is 0.434 e. The first kappa shape index (κ1) is 13.9. The number of benzene rings is 1. The topological polar surface area (TPSA) is 41.6 Å². The lowest BCUT2D eigenvalue weighted by Gasteiger charge is -2.06. The fourth-order valence-corrected chi connectivity index (χ4v) is 1.86. The maximum atomic E-state index is 12.7. The molecular formula is C14H10F3N3. The average Bonchev–Trinajstić information content (AvgIpc) is 2.80. The fourth-order valence-electron chi connectivity index (χ4n) is 1.86. The Balaban J connectivity index is 2.61. The molecule has 0 N–H and O–H groups in total. The summed E-state index contributed by atoms with van der Waals surface area (Å²) >= 11 is 0. The predicted molar refractivity (Wildman–Crippen MR) is 68.5 cm³/mol. The number of nitriles is 1. The molecule has 0 saturated carbocycles. The van der Waals surface area contributed by atoms with Crippen molar-refractivity contribution in [3.05, 3.63) is 47.8 Å². The second-order valence-electron chi connectivity index (χ2n) is 4.18. The Morgan fingerprint density at radius 1 is 1.40 bits per heavy atom. The maximum absolute atomic E-state index is 12.7. The molecule has 0 aliphatic heterocycles. The van der Waals surface area contributed by atoms with Gasteiger partial charge in [-0.1, -0.05) is 12.7 Å². The minimum Gasteiger partial charge on any atom is -0.333 e. The average molecular weight is 277 g/mol. The van der Waals surface area contributed by atoms with E-state index in [4.69, 9.17) is 5.26 Å². The SMILES string of the molecule is C=Cc1cc(C#N)ccc1-c1nc(C(F)(F)F)cn1C.